The maximum Gasteiger partial charge on any atom is 0.289 e. The minimum atomic E-state index is -0.0447. The SMILES string of the molecule is Cc1cc(C)c(C(=O)N2CCC(n3nccc3NC(=O)C3CC3)CC2)o1. The van der Waals surface area contributed by atoms with Crippen molar-refractivity contribution < 1.29 is 14.0 Å². The van der Waals surface area contributed by atoms with E-state index in [9.17, 15) is 9.59 Å². The molecule has 7 heteroatoms. The first-order valence-electron chi connectivity index (χ1n) is 9.23. The van der Waals surface area contributed by atoms with Crippen LogP contribution in [0.4, 0.5) is 5.82 Å². The standard InChI is InChI=1S/C19H24N4O3/c1-12-11-13(2)26-17(12)19(25)22-9-6-15(7-10-22)23-16(5-8-20-23)21-18(24)14-3-4-14/h5,8,11,14-15H,3-4,6-7,9-10H2,1-2H3,(H,21,24). The van der Waals surface area contributed by atoms with E-state index in [0.717, 1.165) is 42.8 Å². The summed E-state index contributed by atoms with van der Waals surface area (Å²) in [6, 6.07) is 3.91. The molecule has 2 aromatic heterocycles. The normalized spacial score (nSPS) is 18.2. The molecule has 4 rings (SSSR count). The van der Waals surface area contributed by atoms with Crippen LogP contribution < -0.4 is 5.32 Å². The zero-order valence-corrected chi connectivity index (χ0v) is 15.2. The maximum absolute atomic E-state index is 12.7. The number of amides is 2. The molecule has 26 heavy (non-hydrogen) atoms. The van der Waals surface area contributed by atoms with Crippen LogP contribution >= 0.6 is 0 Å². The molecule has 0 aromatic carbocycles. The molecular weight excluding hydrogens is 332 g/mol. The van der Waals surface area contributed by atoms with Gasteiger partial charge in [0, 0.05) is 30.6 Å². The molecule has 0 bridgehead atoms. The van der Waals surface area contributed by atoms with E-state index < -0.39 is 0 Å². The minimum absolute atomic E-state index is 0.0447. The molecule has 0 unspecified atom stereocenters. The lowest BCUT2D eigenvalue weighted by Gasteiger charge is -2.32. The fourth-order valence-corrected chi connectivity index (χ4v) is 3.59. The second-order valence-corrected chi connectivity index (χ2v) is 7.32. The van der Waals surface area contributed by atoms with Gasteiger partial charge in [-0.05, 0) is 45.6 Å². The highest BCUT2D eigenvalue weighted by Crippen LogP contribution is 2.31. The molecule has 1 N–H and O–H groups in total. The highest BCUT2D eigenvalue weighted by Gasteiger charge is 2.32. The molecule has 2 fully saturated rings. The lowest BCUT2D eigenvalue weighted by atomic mass is 10.0. The Kier molecular flexibility index (Phi) is 4.30. The van der Waals surface area contributed by atoms with Crippen LogP contribution in [-0.4, -0.2) is 39.6 Å². The zero-order valence-electron chi connectivity index (χ0n) is 15.2. The number of hydrogen-bond acceptors (Lipinski definition) is 4. The van der Waals surface area contributed by atoms with E-state index in [1.165, 1.54) is 0 Å². The van der Waals surface area contributed by atoms with E-state index in [1.807, 2.05) is 35.6 Å². The molecular formula is C19H24N4O3. The van der Waals surface area contributed by atoms with Crippen molar-refractivity contribution in [1.29, 1.82) is 0 Å². The van der Waals surface area contributed by atoms with Crippen molar-refractivity contribution in [3.63, 3.8) is 0 Å². The summed E-state index contributed by atoms with van der Waals surface area (Å²) in [6.45, 7) is 5.05. The van der Waals surface area contributed by atoms with Gasteiger partial charge in [-0.1, -0.05) is 0 Å². The van der Waals surface area contributed by atoms with Crippen molar-refractivity contribution in [2.45, 2.75) is 45.6 Å². The number of aromatic nitrogens is 2. The minimum Gasteiger partial charge on any atom is -0.456 e. The number of nitrogens with zero attached hydrogens (tertiary/aromatic N) is 3. The van der Waals surface area contributed by atoms with E-state index in [0.29, 0.717) is 18.8 Å². The Bertz CT molecular complexity index is 826. The van der Waals surface area contributed by atoms with Gasteiger partial charge in [0.05, 0.1) is 12.2 Å². The predicted molar refractivity (Wildman–Crippen MR) is 95.9 cm³/mol. The number of rotatable bonds is 4. The third-order valence-electron chi connectivity index (χ3n) is 5.20. The first-order chi connectivity index (χ1) is 12.5. The predicted octanol–water partition coefficient (Wildman–Crippen LogP) is 2.92. The first-order valence-corrected chi connectivity index (χ1v) is 9.23. The molecule has 7 nitrogen and oxygen atoms in total. The smallest absolute Gasteiger partial charge is 0.289 e. The second-order valence-electron chi connectivity index (χ2n) is 7.32. The number of likely N-dealkylation sites (tertiary alicyclic amines) is 1. The van der Waals surface area contributed by atoms with Gasteiger partial charge in [0.2, 0.25) is 5.91 Å². The number of nitrogens with one attached hydrogen (secondary N) is 1. The molecule has 0 radical (unpaired) electrons. The van der Waals surface area contributed by atoms with Crippen molar-refractivity contribution >= 4 is 17.6 Å². The quantitative estimate of drug-likeness (QED) is 0.913. The molecule has 1 aliphatic heterocycles. The van der Waals surface area contributed by atoms with Crippen LogP contribution in [0.3, 0.4) is 0 Å². The number of hydrogen-bond donors (Lipinski definition) is 1. The number of aryl methyl sites for hydroxylation is 2. The fourth-order valence-electron chi connectivity index (χ4n) is 3.59. The summed E-state index contributed by atoms with van der Waals surface area (Å²) in [7, 11) is 0. The van der Waals surface area contributed by atoms with Crippen molar-refractivity contribution in [3.8, 4) is 0 Å². The van der Waals surface area contributed by atoms with Gasteiger partial charge in [-0.2, -0.15) is 5.10 Å². The van der Waals surface area contributed by atoms with Gasteiger partial charge in [-0.15, -0.1) is 0 Å². The first kappa shape index (κ1) is 16.9. The number of anilines is 1. The Morgan fingerprint density at radius 2 is 1.92 bits per heavy atom. The van der Waals surface area contributed by atoms with Crippen LogP contribution in [0.2, 0.25) is 0 Å². The van der Waals surface area contributed by atoms with E-state index in [4.69, 9.17) is 4.42 Å². The van der Waals surface area contributed by atoms with E-state index in [-0.39, 0.29) is 23.8 Å². The Morgan fingerprint density at radius 1 is 1.19 bits per heavy atom. The summed E-state index contributed by atoms with van der Waals surface area (Å²) in [5.41, 5.74) is 0.881. The summed E-state index contributed by atoms with van der Waals surface area (Å²) in [5.74, 6) is 2.16. The summed E-state index contributed by atoms with van der Waals surface area (Å²) >= 11 is 0. The van der Waals surface area contributed by atoms with Gasteiger partial charge in [0.1, 0.15) is 11.6 Å². The molecule has 138 valence electrons. The molecule has 1 saturated heterocycles. The highest BCUT2D eigenvalue weighted by atomic mass is 16.4. The molecule has 2 aromatic rings. The Labute approximate surface area is 152 Å². The van der Waals surface area contributed by atoms with Gasteiger partial charge < -0.3 is 14.6 Å². The third-order valence-corrected chi connectivity index (χ3v) is 5.20. The lowest BCUT2D eigenvalue weighted by molar-refractivity contribution is -0.117. The Balaban J connectivity index is 1.39. The van der Waals surface area contributed by atoms with Crippen molar-refractivity contribution in [2.75, 3.05) is 18.4 Å². The van der Waals surface area contributed by atoms with Gasteiger partial charge in [-0.25, -0.2) is 4.68 Å². The summed E-state index contributed by atoms with van der Waals surface area (Å²) in [6.07, 6.45) is 5.28. The van der Waals surface area contributed by atoms with Crippen molar-refractivity contribution in [2.24, 2.45) is 5.92 Å². The van der Waals surface area contributed by atoms with E-state index in [2.05, 4.69) is 10.4 Å². The van der Waals surface area contributed by atoms with Crippen LogP contribution in [0.15, 0.2) is 22.7 Å². The second kappa shape index (κ2) is 6.63. The average molecular weight is 356 g/mol. The number of carbonyl (C=O) groups excluding carboxylic acids is 2. The Morgan fingerprint density at radius 3 is 2.54 bits per heavy atom. The molecule has 1 aliphatic carbocycles. The molecule has 2 aliphatic rings. The van der Waals surface area contributed by atoms with Crippen LogP contribution in [0.1, 0.15) is 53.6 Å². The molecule has 3 heterocycles. The largest absolute Gasteiger partial charge is 0.456 e. The number of piperidine rings is 1. The van der Waals surface area contributed by atoms with Gasteiger partial charge in [0.15, 0.2) is 5.76 Å². The number of carbonyl (C=O) groups is 2. The third kappa shape index (κ3) is 3.25. The zero-order chi connectivity index (χ0) is 18.3. The number of furan rings is 1. The highest BCUT2D eigenvalue weighted by molar-refractivity contribution is 5.93. The lowest BCUT2D eigenvalue weighted by Crippen LogP contribution is -2.39. The summed E-state index contributed by atoms with van der Waals surface area (Å²) in [5, 5.41) is 7.38. The molecule has 1 saturated carbocycles. The van der Waals surface area contributed by atoms with Gasteiger partial charge >= 0.3 is 0 Å². The molecule has 0 atom stereocenters. The molecule has 0 spiro atoms. The maximum atomic E-state index is 12.7. The fraction of sp³-hybridized carbons (Fsp3) is 0.526. The average Bonchev–Trinajstić information content (AvgIpc) is 3.30. The van der Waals surface area contributed by atoms with Crippen LogP contribution in [0.25, 0.3) is 0 Å². The topological polar surface area (TPSA) is 80.4 Å². The van der Waals surface area contributed by atoms with E-state index in [1.54, 1.807) is 6.20 Å². The monoisotopic (exact) mass is 356 g/mol. The Hall–Kier alpha value is -2.57. The van der Waals surface area contributed by atoms with Crippen molar-refractivity contribution in [3.05, 3.63) is 35.4 Å². The van der Waals surface area contributed by atoms with Gasteiger partial charge in [-0.3, -0.25) is 9.59 Å². The molecule has 2 amide bonds. The van der Waals surface area contributed by atoms with Crippen LogP contribution in [0.5, 0.6) is 0 Å². The van der Waals surface area contributed by atoms with Crippen LogP contribution in [-0.2, 0) is 4.79 Å². The van der Waals surface area contributed by atoms with Gasteiger partial charge in [0.25, 0.3) is 5.91 Å². The van der Waals surface area contributed by atoms with E-state index >= 15 is 0 Å². The van der Waals surface area contributed by atoms with Crippen molar-refractivity contribution in [1.82, 2.24) is 14.7 Å². The summed E-state index contributed by atoms with van der Waals surface area (Å²) < 4.78 is 7.46. The van der Waals surface area contributed by atoms with Crippen LogP contribution in [0, 0.1) is 19.8 Å². The summed E-state index contributed by atoms with van der Waals surface area (Å²) in [4.78, 5) is 26.5.